The Balaban J connectivity index is 1.38. The van der Waals surface area contributed by atoms with E-state index in [9.17, 15) is 4.79 Å². The molecule has 0 fully saturated rings. The summed E-state index contributed by atoms with van der Waals surface area (Å²) in [4.78, 5) is 21.2. The molecule has 0 aliphatic rings. The number of pyridine rings is 1. The topological polar surface area (TPSA) is 59.8 Å². The Morgan fingerprint density at radius 3 is 2.69 bits per heavy atom. The van der Waals surface area contributed by atoms with E-state index in [4.69, 9.17) is 0 Å². The molecule has 0 saturated heterocycles. The maximum atomic E-state index is 12.7. The standard InChI is InChI=1S/C23H20N4OS/c28-22(21-10-5-15-27(21)16-19-11-13-24-14-12-19)26-23-25-20(17-29-23)9-4-8-18-6-2-1-3-7-18/h1-7,9-15,17H,8,16H2,(H,25,26,28). The zero-order valence-electron chi connectivity index (χ0n) is 15.7. The molecule has 6 heteroatoms. The van der Waals surface area contributed by atoms with Crippen LogP contribution in [0.25, 0.3) is 6.08 Å². The number of nitrogens with zero attached hydrogens (tertiary/aromatic N) is 3. The van der Waals surface area contributed by atoms with E-state index in [0.29, 0.717) is 17.4 Å². The summed E-state index contributed by atoms with van der Waals surface area (Å²) in [5, 5.41) is 5.43. The number of hydrogen-bond donors (Lipinski definition) is 1. The molecule has 0 aliphatic heterocycles. The van der Waals surface area contributed by atoms with E-state index in [1.54, 1.807) is 12.4 Å². The summed E-state index contributed by atoms with van der Waals surface area (Å²) in [6.45, 7) is 0.615. The number of carbonyl (C=O) groups is 1. The Labute approximate surface area is 173 Å². The zero-order chi connectivity index (χ0) is 19.9. The van der Waals surface area contributed by atoms with Crippen LogP contribution >= 0.6 is 11.3 Å². The van der Waals surface area contributed by atoms with Crippen LogP contribution in [0.5, 0.6) is 0 Å². The van der Waals surface area contributed by atoms with Crippen molar-refractivity contribution in [2.75, 3.05) is 5.32 Å². The zero-order valence-corrected chi connectivity index (χ0v) is 16.5. The van der Waals surface area contributed by atoms with Crippen molar-refractivity contribution < 1.29 is 4.79 Å². The third kappa shape index (κ3) is 5.06. The first-order chi connectivity index (χ1) is 14.3. The van der Waals surface area contributed by atoms with Gasteiger partial charge in [0.1, 0.15) is 5.69 Å². The van der Waals surface area contributed by atoms with Crippen molar-refractivity contribution in [3.8, 4) is 0 Å². The minimum atomic E-state index is -0.168. The van der Waals surface area contributed by atoms with E-state index < -0.39 is 0 Å². The molecule has 4 aromatic rings. The maximum absolute atomic E-state index is 12.7. The normalized spacial score (nSPS) is 11.0. The van der Waals surface area contributed by atoms with Gasteiger partial charge in [-0.15, -0.1) is 11.3 Å². The number of nitrogens with one attached hydrogen (secondary N) is 1. The van der Waals surface area contributed by atoms with Gasteiger partial charge in [0.25, 0.3) is 5.91 Å². The fourth-order valence-corrected chi connectivity index (χ4v) is 3.63. The molecule has 29 heavy (non-hydrogen) atoms. The molecule has 3 heterocycles. The van der Waals surface area contributed by atoms with Gasteiger partial charge in [-0.05, 0) is 47.9 Å². The van der Waals surface area contributed by atoms with Gasteiger partial charge in [0, 0.05) is 30.5 Å². The predicted octanol–water partition coefficient (Wildman–Crippen LogP) is 4.90. The van der Waals surface area contributed by atoms with Crippen LogP contribution in [-0.4, -0.2) is 20.4 Å². The van der Waals surface area contributed by atoms with Gasteiger partial charge in [-0.3, -0.25) is 15.1 Å². The summed E-state index contributed by atoms with van der Waals surface area (Å²) >= 11 is 1.42. The Hall–Kier alpha value is -3.51. The van der Waals surface area contributed by atoms with Crippen molar-refractivity contribution in [1.29, 1.82) is 0 Å². The van der Waals surface area contributed by atoms with Crippen LogP contribution in [0.4, 0.5) is 5.13 Å². The van der Waals surface area contributed by atoms with Crippen molar-refractivity contribution in [2.45, 2.75) is 13.0 Å². The van der Waals surface area contributed by atoms with E-state index in [-0.39, 0.29) is 5.91 Å². The smallest absolute Gasteiger partial charge is 0.274 e. The van der Waals surface area contributed by atoms with E-state index in [0.717, 1.165) is 17.7 Å². The van der Waals surface area contributed by atoms with Gasteiger partial charge in [-0.2, -0.15) is 0 Å². The van der Waals surface area contributed by atoms with Gasteiger partial charge >= 0.3 is 0 Å². The molecular weight excluding hydrogens is 380 g/mol. The molecule has 0 unspecified atom stereocenters. The van der Waals surface area contributed by atoms with Crippen molar-refractivity contribution in [3.05, 3.63) is 107 Å². The molecule has 3 aromatic heterocycles. The van der Waals surface area contributed by atoms with E-state index in [1.807, 2.05) is 64.7 Å². The largest absolute Gasteiger partial charge is 0.339 e. The van der Waals surface area contributed by atoms with Crippen LogP contribution in [0, 0.1) is 0 Å². The highest BCUT2D eigenvalue weighted by atomic mass is 32.1. The number of allylic oxidation sites excluding steroid dienone is 1. The molecule has 0 aliphatic carbocycles. The number of thiazole rings is 1. The van der Waals surface area contributed by atoms with Crippen molar-refractivity contribution in [1.82, 2.24) is 14.5 Å². The molecule has 0 saturated carbocycles. The van der Waals surface area contributed by atoms with Gasteiger partial charge in [0.05, 0.1) is 5.69 Å². The molecular formula is C23H20N4OS. The summed E-state index contributed by atoms with van der Waals surface area (Å²) in [5.41, 5.74) is 3.78. The number of hydrogen-bond acceptors (Lipinski definition) is 4. The molecule has 4 rings (SSSR count). The first-order valence-corrected chi connectivity index (χ1v) is 10.2. The molecule has 1 N–H and O–H groups in total. The third-order valence-corrected chi connectivity index (χ3v) is 5.17. The van der Waals surface area contributed by atoms with Crippen LogP contribution in [0.1, 0.15) is 27.3 Å². The van der Waals surface area contributed by atoms with Crippen LogP contribution in [0.2, 0.25) is 0 Å². The second-order valence-corrected chi connectivity index (χ2v) is 7.36. The lowest BCUT2D eigenvalue weighted by molar-refractivity contribution is 0.101. The quantitative estimate of drug-likeness (QED) is 0.480. The Bertz CT molecular complexity index is 1100. The molecule has 1 amide bonds. The number of aromatic nitrogens is 3. The average molecular weight is 401 g/mol. The molecule has 0 spiro atoms. The molecule has 0 bridgehead atoms. The fraction of sp³-hybridized carbons (Fsp3) is 0.0870. The minimum absolute atomic E-state index is 0.168. The highest BCUT2D eigenvalue weighted by molar-refractivity contribution is 7.14. The molecule has 5 nitrogen and oxygen atoms in total. The van der Waals surface area contributed by atoms with Gasteiger partial charge in [-0.25, -0.2) is 4.98 Å². The van der Waals surface area contributed by atoms with E-state index in [1.165, 1.54) is 16.9 Å². The monoisotopic (exact) mass is 400 g/mol. The summed E-state index contributed by atoms with van der Waals surface area (Å²) in [6.07, 6.45) is 10.3. The van der Waals surface area contributed by atoms with Crippen LogP contribution in [0.15, 0.2) is 84.6 Å². The highest BCUT2D eigenvalue weighted by Gasteiger charge is 2.13. The summed E-state index contributed by atoms with van der Waals surface area (Å²) in [7, 11) is 0. The van der Waals surface area contributed by atoms with Crippen molar-refractivity contribution >= 4 is 28.5 Å². The summed E-state index contributed by atoms with van der Waals surface area (Å²) in [5.74, 6) is -0.168. The summed E-state index contributed by atoms with van der Waals surface area (Å²) < 4.78 is 1.92. The number of carbonyl (C=O) groups excluding carboxylic acids is 1. The van der Waals surface area contributed by atoms with E-state index in [2.05, 4.69) is 33.5 Å². The Kier molecular flexibility index (Phi) is 5.92. The maximum Gasteiger partial charge on any atom is 0.274 e. The third-order valence-electron chi connectivity index (χ3n) is 4.39. The first kappa shape index (κ1) is 18.8. The fourth-order valence-electron chi connectivity index (χ4n) is 2.95. The SMILES string of the molecule is O=C(Nc1nc(C=CCc2ccccc2)cs1)c1cccn1Cc1ccncc1. The van der Waals surface area contributed by atoms with Crippen LogP contribution in [-0.2, 0) is 13.0 Å². The molecule has 0 atom stereocenters. The lowest BCUT2D eigenvalue weighted by Crippen LogP contribution is -2.17. The number of benzene rings is 1. The van der Waals surface area contributed by atoms with Crippen molar-refractivity contribution in [2.24, 2.45) is 0 Å². The Morgan fingerprint density at radius 1 is 1.03 bits per heavy atom. The number of rotatable bonds is 7. The summed E-state index contributed by atoms with van der Waals surface area (Å²) in [6, 6.07) is 17.8. The molecule has 1 aromatic carbocycles. The predicted molar refractivity (Wildman–Crippen MR) is 117 cm³/mol. The second-order valence-electron chi connectivity index (χ2n) is 6.50. The minimum Gasteiger partial charge on any atom is -0.339 e. The lowest BCUT2D eigenvalue weighted by atomic mass is 10.1. The van der Waals surface area contributed by atoms with E-state index >= 15 is 0 Å². The van der Waals surface area contributed by atoms with Gasteiger partial charge in [0.15, 0.2) is 5.13 Å². The average Bonchev–Trinajstić information content (AvgIpc) is 3.39. The lowest BCUT2D eigenvalue weighted by Gasteiger charge is -2.08. The Morgan fingerprint density at radius 2 is 1.86 bits per heavy atom. The van der Waals surface area contributed by atoms with Crippen LogP contribution in [0.3, 0.4) is 0 Å². The van der Waals surface area contributed by atoms with Gasteiger partial charge in [0.2, 0.25) is 0 Å². The first-order valence-electron chi connectivity index (χ1n) is 9.29. The second kappa shape index (κ2) is 9.12. The molecule has 144 valence electrons. The van der Waals surface area contributed by atoms with Crippen molar-refractivity contribution in [3.63, 3.8) is 0 Å². The van der Waals surface area contributed by atoms with Crippen LogP contribution < -0.4 is 5.32 Å². The van der Waals surface area contributed by atoms with Gasteiger partial charge < -0.3 is 4.57 Å². The number of amides is 1. The molecule has 0 radical (unpaired) electrons. The number of anilines is 1. The van der Waals surface area contributed by atoms with Gasteiger partial charge in [-0.1, -0.05) is 36.4 Å². The highest BCUT2D eigenvalue weighted by Crippen LogP contribution is 2.18.